The lowest BCUT2D eigenvalue weighted by atomic mass is 10.1. The third-order valence-corrected chi connectivity index (χ3v) is 3.26. The molecule has 0 atom stereocenters. The van der Waals surface area contributed by atoms with Gasteiger partial charge in [0.05, 0.1) is 13.2 Å². The molecular formula is C19H32FIN4O3. The van der Waals surface area contributed by atoms with Crippen LogP contribution in [-0.4, -0.2) is 44.4 Å². The lowest BCUT2D eigenvalue weighted by Crippen LogP contribution is -2.42. The first-order chi connectivity index (χ1) is 12.7. The Bertz CT molecular complexity index is 636. The van der Waals surface area contributed by atoms with Gasteiger partial charge in [0, 0.05) is 32.3 Å². The lowest BCUT2D eigenvalue weighted by Gasteiger charge is -2.19. The zero-order valence-electron chi connectivity index (χ0n) is 17.2. The van der Waals surface area contributed by atoms with Crippen LogP contribution < -0.4 is 16.0 Å². The highest BCUT2D eigenvalue weighted by molar-refractivity contribution is 14.0. The van der Waals surface area contributed by atoms with Crippen LogP contribution in [0.2, 0.25) is 0 Å². The van der Waals surface area contributed by atoms with Crippen LogP contribution in [0.5, 0.6) is 0 Å². The second-order valence-corrected chi connectivity index (χ2v) is 6.91. The molecule has 3 N–H and O–H groups in total. The van der Waals surface area contributed by atoms with Gasteiger partial charge in [0.15, 0.2) is 5.96 Å². The molecule has 0 heterocycles. The highest BCUT2D eigenvalue weighted by atomic mass is 127. The normalized spacial score (nSPS) is 11.4. The molecular weight excluding hydrogens is 478 g/mol. The van der Waals surface area contributed by atoms with E-state index < -0.39 is 11.7 Å². The number of nitrogens with zero attached hydrogens (tertiary/aromatic N) is 1. The Hall–Kier alpha value is -1.62. The van der Waals surface area contributed by atoms with Gasteiger partial charge in [-0.15, -0.1) is 24.0 Å². The quantitative estimate of drug-likeness (QED) is 0.217. The molecule has 1 rings (SSSR count). The van der Waals surface area contributed by atoms with Gasteiger partial charge < -0.3 is 25.4 Å². The summed E-state index contributed by atoms with van der Waals surface area (Å²) in [5.74, 6) is 0.323. The average molecular weight is 510 g/mol. The summed E-state index contributed by atoms with van der Waals surface area (Å²) in [5.41, 5.74) is 0.863. The molecule has 7 nitrogen and oxygen atoms in total. The molecule has 0 bridgehead atoms. The van der Waals surface area contributed by atoms with E-state index >= 15 is 0 Å². The molecule has 0 unspecified atom stereocenters. The van der Waals surface area contributed by atoms with Crippen molar-refractivity contribution in [2.24, 2.45) is 4.99 Å². The second-order valence-electron chi connectivity index (χ2n) is 6.91. The third-order valence-electron chi connectivity index (χ3n) is 3.26. The highest BCUT2D eigenvalue weighted by Crippen LogP contribution is 2.12. The molecule has 1 amide bonds. The molecule has 0 fully saturated rings. The van der Waals surface area contributed by atoms with Crippen LogP contribution in [0.1, 0.15) is 38.8 Å². The molecule has 0 spiro atoms. The molecule has 0 aliphatic carbocycles. The number of methoxy groups -OCH3 is 1. The first-order valence-corrected chi connectivity index (χ1v) is 9.00. The summed E-state index contributed by atoms with van der Waals surface area (Å²) >= 11 is 0. The van der Waals surface area contributed by atoms with Crippen molar-refractivity contribution in [3.05, 3.63) is 35.1 Å². The monoisotopic (exact) mass is 510 g/mol. The number of guanidine groups is 1. The van der Waals surface area contributed by atoms with Crippen LogP contribution in [0.15, 0.2) is 23.2 Å². The van der Waals surface area contributed by atoms with Crippen LogP contribution >= 0.6 is 24.0 Å². The fourth-order valence-corrected chi connectivity index (χ4v) is 2.16. The van der Waals surface area contributed by atoms with Gasteiger partial charge in [-0.3, -0.25) is 0 Å². The minimum Gasteiger partial charge on any atom is -0.444 e. The van der Waals surface area contributed by atoms with E-state index in [2.05, 4.69) is 20.9 Å². The SMILES string of the molecule is CCNC(=NCc1ccc(F)c(COC)c1)NCCNC(=O)OC(C)(C)C.I. The van der Waals surface area contributed by atoms with Crippen molar-refractivity contribution in [3.63, 3.8) is 0 Å². The zero-order chi connectivity index (χ0) is 20.3. The average Bonchev–Trinajstić information content (AvgIpc) is 2.57. The number of alkyl carbamates (subject to hydrolysis) is 1. The van der Waals surface area contributed by atoms with Gasteiger partial charge >= 0.3 is 6.09 Å². The van der Waals surface area contributed by atoms with Crippen molar-refractivity contribution in [1.82, 2.24) is 16.0 Å². The number of carbonyl (C=O) groups is 1. The van der Waals surface area contributed by atoms with E-state index in [1.165, 1.54) is 13.2 Å². The molecule has 0 saturated heterocycles. The summed E-state index contributed by atoms with van der Waals surface area (Å²) in [6, 6.07) is 4.87. The van der Waals surface area contributed by atoms with Gasteiger partial charge in [0.1, 0.15) is 11.4 Å². The van der Waals surface area contributed by atoms with Crippen molar-refractivity contribution in [1.29, 1.82) is 0 Å². The zero-order valence-corrected chi connectivity index (χ0v) is 19.6. The van der Waals surface area contributed by atoms with Crippen molar-refractivity contribution >= 4 is 36.0 Å². The summed E-state index contributed by atoms with van der Waals surface area (Å²) in [6.07, 6.45) is -0.455. The molecule has 9 heteroatoms. The number of amides is 1. The van der Waals surface area contributed by atoms with Gasteiger partial charge in [-0.25, -0.2) is 14.2 Å². The Morgan fingerprint density at radius 1 is 1.18 bits per heavy atom. The van der Waals surface area contributed by atoms with Crippen molar-refractivity contribution in [2.45, 2.75) is 46.4 Å². The fourth-order valence-electron chi connectivity index (χ4n) is 2.16. The van der Waals surface area contributed by atoms with Crippen molar-refractivity contribution in [2.75, 3.05) is 26.7 Å². The van der Waals surface area contributed by atoms with Crippen molar-refractivity contribution in [3.8, 4) is 0 Å². The Labute approximate surface area is 183 Å². The Morgan fingerprint density at radius 3 is 2.46 bits per heavy atom. The van der Waals surface area contributed by atoms with E-state index in [0.717, 1.165) is 5.56 Å². The molecule has 1 aromatic carbocycles. The van der Waals surface area contributed by atoms with Crippen molar-refractivity contribution < 1.29 is 18.7 Å². The predicted molar refractivity (Wildman–Crippen MR) is 120 cm³/mol. The topological polar surface area (TPSA) is 84.0 Å². The maximum Gasteiger partial charge on any atom is 0.407 e. The molecule has 0 aliphatic heterocycles. The lowest BCUT2D eigenvalue weighted by molar-refractivity contribution is 0.0529. The first-order valence-electron chi connectivity index (χ1n) is 9.00. The van der Waals surface area contributed by atoms with Gasteiger partial charge in [0.25, 0.3) is 0 Å². The number of hydrogen-bond acceptors (Lipinski definition) is 4. The van der Waals surface area contributed by atoms with Crippen LogP contribution in [0, 0.1) is 5.82 Å². The number of hydrogen-bond donors (Lipinski definition) is 3. The van der Waals surface area contributed by atoms with Gasteiger partial charge in [-0.2, -0.15) is 0 Å². The van der Waals surface area contributed by atoms with Gasteiger partial charge in [0.2, 0.25) is 0 Å². The first kappa shape index (κ1) is 26.4. The molecule has 160 valence electrons. The van der Waals surface area contributed by atoms with Crippen LogP contribution in [-0.2, 0) is 22.6 Å². The Kier molecular flexibility index (Phi) is 12.8. The minimum atomic E-state index is -0.523. The summed E-state index contributed by atoms with van der Waals surface area (Å²) in [7, 11) is 1.53. The van der Waals surface area contributed by atoms with Gasteiger partial charge in [-0.1, -0.05) is 6.07 Å². The Morgan fingerprint density at radius 2 is 1.86 bits per heavy atom. The summed E-state index contributed by atoms with van der Waals surface area (Å²) < 4.78 is 23.8. The number of halogens is 2. The van der Waals surface area contributed by atoms with Crippen LogP contribution in [0.4, 0.5) is 9.18 Å². The van der Waals surface area contributed by atoms with E-state index in [4.69, 9.17) is 9.47 Å². The number of rotatable bonds is 8. The standard InChI is InChI=1S/C19H31FN4O3.HI/c1-6-21-17(22-9-10-23-18(25)27-19(2,3)4)24-12-14-7-8-16(20)15(11-14)13-26-5;/h7-8,11H,6,9-10,12-13H2,1-5H3,(H,23,25)(H2,21,22,24);1H. The molecule has 0 aromatic heterocycles. The molecule has 28 heavy (non-hydrogen) atoms. The summed E-state index contributed by atoms with van der Waals surface area (Å²) in [5, 5.41) is 8.93. The second kappa shape index (κ2) is 13.5. The summed E-state index contributed by atoms with van der Waals surface area (Å²) in [6.45, 7) is 9.60. The molecule has 0 radical (unpaired) electrons. The number of carbonyl (C=O) groups excluding carboxylic acids is 1. The van der Waals surface area contributed by atoms with Crippen LogP contribution in [0.25, 0.3) is 0 Å². The summed E-state index contributed by atoms with van der Waals surface area (Å²) in [4.78, 5) is 16.1. The fraction of sp³-hybridized carbons (Fsp3) is 0.579. The number of benzene rings is 1. The van der Waals surface area contributed by atoms with E-state index in [1.807, 2.05) is 27.7 Å². The van der Waals surface area contributed by atoms with Gasteiger partial charge in [-0.05, 0) is 45.4 Å². The number of ether oxygens (including phenoxy) is 2. The van der Waals surface area contributed by atoms with E-state index in [1.54, 1.807) is 12.1 Å². The maximum atomic E-state index is 13.7. The van der Waals surface area contributed by atoms with Crippen LogP contribution in [0.3, 0.4) is 0 Å². The number of nitrogens with one attached hydrogen (secondary N) is 3. The number of aliphatic imine (C=N–C) groups is 1. The molecule has 1 aromatic rings. The van der Waals surface area contributed by atoms with E-state index in [0.29, 0.717) is 37.7 Å². The molecule has 0 aliphatic rings. The Balaban J connectivity index is 0.00000729. The smallest absolute Gasteiger partial charge is 0.407 e. The largest absolute Gasteiger partial charge is 0.444 e. The minimum absolute atomic E-state index is 0. The molecule has 0 saturated carbocycles. The van der Waals surface area contributed by atoms with E-state index in [9.17, 15) is 9.18 Å². The highest BCUT2D eigenvalue weighted by Gasteiger charge is 2.15. The maximum absolute atomic E-state index is 13.7. The van der Waals surface area contributed by atoms with E-state index in [-0.39, 0.29) is 36.4 Å². The predicted octanol–water partition coefficient (Wildman–Crippen LogP) is 3.17. The third kappa shape index (κ3) is 11.3.